The second-order valence-corrected chi connectivity index (χ2v) is 4.68. The highest BCUT2D eigenvalue weighted by Gasteiger charge is 2.29. The second kappa shape index (κ2) is 5.10. The quantitative estimate of drug-likeness (QED) is 0.690. The van der Waals surface area contributed by atoms with Gasteiger partial charge in [-0.3, -0.25) is 0 Å². The average Bonchev–Trinajstić information content (AvgIpc) is 2.29. The van der Waals surface area contributed by atoms with Crippen LogP contribution in [0.25, 0.3) is 0 Å². The normalized spacial score (nSPS) is 30.3. The van der Waals surface area contributed by atoms with Crippen molar-refractivity contribution in [1.82, 2.24) is 5.32 Å². The van der Waals surface area contributed by atoms with E-state index in [-0.39, 0.29) is 0 Å². The molecular formula is C12H21NO2. The molecular weight excluding hydrogens is 190 g/mol. The molecule has 3 heteroatoms. The fourth-order valence-corrected chi connectivity index (χ4v) is 2.23. The van der Waals surface area contributed by atoms with Crippen molar-refractivity contribution < 1.29 is 9.84 Å². The Morgan fingerprint density at radius 3 is 2.87 bits per heavy atom. The van der Waals surface area contributed by atoms with Crippen molar-refractivity contribution in [2.75, 3.05) is 19.8 Å². The van der Waals surface area contributed by atoms with E-state index in [2.05, 4.69) is 17.5 Å². The first kappa shape index (κ1) is 11.1. The molecule has 0 saturated carbocycles. The highest BCUT2D eigenvalue weighted by Crippen LogP contribution is 2.20. The van der Waals surface area contributed by atoms with Crippen LogP contribution in [0, 0.1) is 0 Å². The SMILES string of the molecule is OC1(CNC2C=CCCC2)CCOCC1. The lowest BCUT2D eigenvalue weighted by molar-refractivity contribution is -0.0623. The molecule has 1 fully saturated rings. The fourth-order valence-electron chi connectivity index (χ4n) is 2.23. The molecule has 2 N–H and O–H groups in total. The van der Waals surface area contributed by atoms with Crippen molar-refractivity contribution in [3.05, 3.63) is 12.2 Å². The Kier molecular flexibility index (Phi) is 3.78. The van der Waals surface area contributed by atoms with E-state index in [4.69, 9.17) is 4.74 Å². The van der Waals surface area contributed by atoms with Crippen LogP contribution in [0.15, 0.2) is 12.2 Å². The summed E-state index contributed by atoms with van der Waals surface area (Å²) in [7, 11) is 0. The van der Waals surface area contributed by atoms with E-state index in [1.807, 2.05) is 0 Å². The summed E-state index contributed by atoms with van der Waals surface area (Å²) in [5, 5.41) is 13.7. The molecule has 0 aromatic carbocycles. The third-order valence-corrected chi connectivity index (χ3v) is 3.37. The van der Waals surface area contributed by atoms with Crippen LogP contribution in [0.4, 0.5) is 0 Å². The van der Waals surface area contributed by atoms with Crippen molar-refractivity contribution >= 4 is 0 Å². The molecule has 0 aromatic heterocycles. The summed E-state index contributed by atoms with van der Waals surface area (Å²) in [6.07, 6.45) is 9.64. The van der Waals surface area contributed by atoms with Crippen LogP contribution >= 0.6 is 0 Å². The molecule has 2 rings (SSSR count). The lowest BCUT2D eigenvalue weighted by Gasteiger charge is -2.33. The number of ether oxygens (including phenoxy) is 1. The lowest BCUT2D eigenvalue weighted by Crippen LogP contribution is -2.47. The lowest BCUT2D eigenvalue weighted by atomic mass is 9.93. The molecule has 3 nitrogen and oxygen atoms in total. The van der Waals surface area contributed by atoms with Crippen molar-refractivity contribution in [2.45, 2.75) is 43.7 Å². The van der Waals surface area contributed by atoms with Crippen molar-refractivity contribution in [3.8, 4) is 0 Å². The third kappa shape index (κ3) is 3.30. The monoisotopic (exact) mass is 211 g/mol. The van der Waals surface area contributed by atoms with Gasteiger partial charge in [-0.2, -0.15) is 0 Å². The minimum atomic E-state index is -0.538. The molecule has 0 aromatic rings. The molecule has 1 unspecified atom stereocenters. The van der Waals surface area contributed by atoms with E-state index in [1.165, 1.54) is 19.3 Å². The molecule has 0 radical (unpaired) electrons. The van der Waals surface area contributed by atoms with Gasteiger partial charge < -0.3 is 15.2 Å². The molecule has 1 heterocycles. The Hall–Kier alpha value is -0.380. The van der Waals surface area contributed by atoms with Gasteiger partial charge in [0, 0.05) is 38.6 Å². The zero-order chi connectivity index (χ0) is 10.6. The Balaban J connectivity index is 1.75. The molecule has 15 heavy (non-hydrogen) atoms. The summed E-state index contributed by atoms with van der Waals surface area (Å²) in [4.78, 5) is 0. The van der Waals surface area contributed by atoms with E-state index >= 15 is 0 Å². The first-order valence-electron chi connectivity index (χ1n) is 5.99. The maximum Gasteiger partial charge on any atom is 0.0815 e. The first-order valence-corrected chi connectivity index (χ1v) is 5.99. The van der Waals surface area contributed by atoms with E-state index < -0.39 is 5.60 Å². The summed E-state index contributed by atoms with van der Waals surface area (Å²) in [5.74, 6) is 0. The molecule has 0 spiro atoms. The Bertz CT molecular complexity index is 222. The average molecular weight is 211 g/mol. The van der Waals surface area contributed by atoms with E-state index in [9.17, 15) is 5.11 Å². The maximum atomic E-state index is 10.2. The van der Waals surface area contributed by atoms with Gasteiger partial charge in [-0.1, -0.05) is 12.2 Å². The first-order chi connectivity index (χ1) is 7.29. The van der Waals surface area contributed by atoms with Gasteiger partial charge in [0.25, 0.3) is 0 Å². The van der Waals surface area contributed by atoms with Gasteiger partial charge in [0.1, 0.15) is 0 Å². The smallest absolute Gasteiger partial charge is 0.0815 e. The van der Waals surface area contributed by atoms with Gasteiger partial charge in [0.05, 0.1) is 5.60 Å². The molecule has 1 aliphatic heterocycles. The summed E-state index contributed by atoms with van der Waals surface area (Å²) in [6.45, 7) is 2.09. The van der Waals surface area contributed by atoms with Crippen LogP contribution < -0.4 is 5.32 Å². The fraction of sp³-hybridized carbons (Fsp3) is 0.833. The minimum Gasteiger partial charge on any atom is -0.388 e. The zero-order valence-electron chi connectivity index (χ0n) is 9.24. The zero-order valence-corrected chi connectivity index (χ0v) is 9.24. The highest BCUT2D eigenvalue weighted by atomic mass is 16.5. The third-order valence-electron chi connectivity index (χ3n) is 3.37. The molecule has 1 atom stereocenters. The van der Waals surface area contributed by atoms with Crippen LogP contribution in [-0.4, -0.2) is 36.5 Å². The predicted molar refractivity (Wildman–Crippen MR) is 59.8 cm³/mol. The van der Waals surface area contributed by atoms with Gasteiger partial charge in [-0.05, 0) is 19.3 Å². The molecule has 0 bridgehead atoms. The Labute approximate surface area is 91.5 Å². The van der Waals surface area contributed by atoms with E-state index in [1.54, 1.807) is 0 Å². The minimum absolute atomic E-state index is 0.464. The number of nitrogens with one attached hydrogen (secondary N) is 1. The summed E-state index contributed by atoms with van der Waals surface area (Å²) < 4.78 is 5.25. The van der Waals surface area contributed by atoms with Crippen LogP contribution in [0.2, 0.25) is 0 Å². The summed E-state index contributed by atoms with van der Waals surface area (Å²) >= 11 is 0. The van der Waals surface area contributed by atoms with Crippen molar-refractivity contribution in [2.24, 2.45) is 0 Å². The topological polar surface area (TPSA) is 41.5 Å². The summed E-state index contributed by atoms with van der Waals surface area (Å²) in [6, 6.07) is 0.464. The highest BCUT2D eigenvalue weighted by molar-refractivity contribution is 4.98. The maximum absolute atomic E-state index is 10.2. The Morgan fingerprint density at radius 2 is 2.20 bits per heavy atom. The van der Waals surface area contributed by atoms with Crippen LogP contribution in [0.5, 0.6) is 0 Å². The van der Waals surface area contributed by atoms with Gasteiger partial charge in [-0.25, -0.2) is 0 Å². The van der Waals surface area contributed by atoms with Gasteiger partial charge in [0.15, 0.2) is 0 Å². The number of hydrogen-bond donors (Lipinski definition) is 2. The molecule has 1 aliphatic carbocycles. The number of aliphatic hydroxyl groups is 1. The molecule has 2 aliphatic rings. The standard InChI is InChI=1S/C12H21NO2/c14-12(6-8-15-9-7-12)10-13-11-4-2-1-3-5-11/h2,4,11,13-14H,1,3,5-10H2. The summed E-state index contributed by atoms with van der Waals surface area (Å²) in [5.41, 5.74) is -0.538. The van der Waals surface area contributed by atoms with Crippen LogP contribution in [0.3, 0.4) is 0 Å². The molecule has 86 valence electrons. The predicted octanol–water partition coefficient (Wildman–Crippen LogP) is 1.23. The van der Waals surface area contributed by atoms with E-state index in [0.29, 0.717) is 25.8 Å². The van der Waals surface area contributed by atoms with Gasteiger partial charge in [0.2, 0.25) is 0 Å². The van der Waals surface area contributed by atoms with Crippen LogP contribution in [0.1, 0.15) is 32.1 Å². The second-order valence-electron chi connectivity index (χ2n) is 4.68. The molecule has 1 saturated heterocycles. The Morgan fingerprint density at radius 1 is 1.40 bits per heavy atom. The largest absolute Gasteiger partial charge is 0.388 e. The number of hydrogen-bond acceptors (Lipinski definition) is 3. The van der Waals surface area contributed by atoms with Crippen molar-refractivity contribution in [3.63, 3.8) is 0 Å². The molecule has 0 amide bonds. The van der Waals surface area contributed by atoms with Gasteiger partial charge in [-0.15, -0.1) is 0 Å². The number of allylic oxidation sites excluding steroid dienone is 1. The van der Waals surface area contributed by atoms with Crippen LogP contribution in [-0.2, 0) is 4.74 Å². The van der Waals surface area contributed by atoms with Gasteiger partial charge >= 0.3 is 0 Å². The van der Waals surface area contributed by atoms with E-state index in [0.717, 1.165) is 12.8 Å². The van der Waals surface area contributed by atoms with Crippen molar-refractivity contribution in [1.29, 1.82) is 0 Å². The number of rotatable bonds is 3.